The van der Waals surface area contributed by atoms with Crippen molar-refractivity contribution in [3.8, 4) is 0 Å². The molecule has 1 aliphatic carbocycles. The number of aliphatic hydroxyl groups is 1. The third kappa shape index (κ3) is 6.28. The minimum Gasteiger partial charge on any atom is -0.389 e. The van der Waals surface area contributed by atoms with Gasteiger partial charge in [-0.3, -0.25) is 0 Å². The Morgan fingerprint density at radius 1 is 1.11 bits per heavy atom. The summed E-state index contributed by atoms with van der Waals surface area (Å²) in [6, 6.07) is 8.95. The van der Waals surface area contributed by atoms with Gasteiger partial charge in [-0.2, -0.15) is 0 Å². The Hall–Kier alpha value is -0.950. The fraction of sp³-hybridized carbons (Fsp3) is 0.714. The molecule has 0 unspecified atom stereocenters. The normalized spacial score (nSPS) is 26.7. The second-order valence-corrected chi connectivity index (χ2v) is 10.5. The summed E-state index contributed by atoms with van der Waals surface area (Å²) in [7, 11) is -3.20. The van der Waals surface area contributed by atoms with Gasteiger partial charge in [0.1, 0.15) is 0 Å². The molecule has 6 heteroatoms. The zero-order valence-corrected chi connectivity index (χ0v) is 16.8. The van der Waals surface area contributed by atoms with E-state index in [0.717, 1.165) is 12.0 Å². The topological polar surface area (TPSA) is 89.6 Å². The Morgan fingerprint density at radius 3 is 2.52 bits per heavy atom. The number of aliphatic hydroxyl groups excluding tert-OH is 1. The summed E-state index contributed by atoms with van der Waals surface area (Å²) >= 11 is 0. The van der Waals surface area contributed by atoms with Crippen LogP contribution in [0.5, 0.6) is 0 Å². The van der Waals surface area contributed by atoms with Crippen molar-refractivity contribution in [2.45, 2.75) is 68.9 Å². The number of rotatable bonds is 8. The quantitative estimate of drug-likeness (QED) is 0.706. The molecule has 1 saturated carbocycles. The van der Waals surface area contributed by atoms with Crippen LogP contribution in [0.4, 0.5) is 0 Å². The lowest BCUT2D eigenvalue weighted by molar-refractivity contribution is -0.0187. The molecule has 27 heavy (non-hydrogen) atoms. The first-order valence-corrected chi connectivity index (χ1v) is 12.0. The third-order valence-corrected chi connectivity index (χ3v) is 7.73. The highest BCUT2D eigenvalue weighted by Crippen LogP contribution is 2.30. The SMILES string of the molecule is N[C@@H](CC1CCCCC1)[C@@H](O)[C@@H]1C[C@H](CS(=O)(=O)Cc2ccccc2)CO1. The second-order valence-electron chi connectivity index (χ2n) is 8.41. The van der Waals surface area contributed by atoms with Crippen molar-refractivity contribution >= 4 is 9.84 Å². The molecule has 3 rings (SSSR count). The maximum absolute atomic E-state index is 12.5. The van der Waals surface area contributed by atoms with Crippen LogP contribution in [0.25, 0.3) is 0 Å². The lowest BCUT2D eigenvalue weighted by Crippen LogP contribution is -2.44. The molecule has 3 N–H and O–H groups in total. The van der Waals surface area contributed by atoms with Gasteiger partial charge in [-0.05, 0) is 30.2 Å². The molecule has 1 saturated heterocycles. The van der Waals surface area contributed by atoms with Crippen molar-refractivity contribution in [1.29, 1.82) is 0 Å². The molecule has 1 aromatic rings. The van der Waals surface area contributed by atoms with Crippen LogP contribution in [0.2, 0.25) is 0 Å². The van der Waals surface area contributed by atoms with Crippen molar-refractivity contribution in [3.63, 3.8) is 0 Å². The molecule has 1 heterocycles. The average molecular weight is 396 g/mol. The lowest BCUT2D eigenvalue weighted by atomic mass is 9.83. The van der Waals surface area contributed by atoms with Gasteiger partial charge in [-0.15, -0.1) is 0 Å². The zero-order chi connectivity index (χ0) is 19.3. The van der Waals surface area contributed by atoms with Crippen molar-refractivity contribution in [3.05, 3.63) is 35.9 Å². The molecule has 4 atom stereocenters. The largest absolute Gasteiger partial charge is 0.389 e. The molecule has 0 radical (unpaired) electrons. The summed E-state index contributed by atoms with van der Waals surface area (Å²) in [6.07, 6.45) is 6.56. The summed E-state index contributed by atoms with van der Waals surface area (Å²) in [4.78, 5) is 0. The minimum absolute atomic E-state index is 0.0543. The number of benzene rings is 1. The molecule has 1 aromatic carbocycles. The van der Waals surface area contributed by atoms with Crippen LogP contribution in [0.15, 0.2) is 30.3 Å². The maximum atomic E-state index is 12.5. The lowest BCUT2D eigenvalue weighted by Gasteiger charge is -2.29. The molecule has 0 bridgehead atoms. The van der Waals surface area contributed by atoms with Crippen molar-refractivity contribution in [2.75, 3.05) is 12.4 Å². The fourth-order valence-electron chi connectivity index (χ4n) is 4.55. The van der Waals surface area contributed by atoms with Gasteiger partial charge in [0.15, 0.2) is 9.84 Å². The summed E-state index contributed by atoms with van der Waals surface area (Å²) < 4.78 is 30.7. The highest BCUT2D eigenvalue weighted by atomic mass is 32.2. The van der Waals surface area contributed by atoms with Gasteiger partial charge in [0.25, 0.3) is 0 Å². The first-order valence-electron chi connectivity index (χ1n) is 10.2. The zero-order valence-electron chi connectivity index (χ0n) is 16.0. The van der Waals surface area contributed by atoms with Gasteiger partial charge in [0.2, 0.25) is 0 Å². The van der Waals surface area contributed by atoms with E-state index in [-0.39, 0.29) is 29.6 Å². The molecule has 1 aliphatic heterocycles. The van der Waals surface area contributed by atoms with Gasteiger partial charge < -0.3 is 15.6 Å². The van der Waals surface area contributed by atoms with Crippen LogP contribution in [0.1, 0.15) is 50.5 Å². The Bertz CT molecular complexity index is 673. The van der Waals surface area contributed by atoms with E-state index in [0.29, 0.717) is 18.9 Å². The Morgan fingerprint density at radius 2 is 1.81 bits per heavy atom. The van der Waals surface area contributed by atoms with Crippen LogP contribution in [-0.4, -0.2) is 44.1 Å². The van der Waals surface area contributed by atoms with Gasteiger partial charge in [-0.1, -0.05) is 62.4 Å². The van der Waals surface area contributed by atoms with Gasteiger partial charge in [0.05, 0.1) is 30.3 Å². The van der Waals surface area contributed by atoms with Crippen molar-refractivity contribution < 1.29 is 18.3 Å². The van der Waals surface area contributed by atoms with E-state index in [9.17, 15) is 13.5 Å². The minimum atomic E-state index is -3.20. The van der Waals surface area contributed by atoms with E-state index < -0.39 is 15.9 Å². The fourth-order valence-corrected chi connectivity index (χ4v) is 6.32. The van der Waals surface area contributed by atoms with Gasteiger partial charge >= 0.3 is 0 Å². The van der Waals surface area contributed by atoms with Gasteiger partial charge in [-0.25, -0.2) is 8.42 Å². The third-order valence-electron chi connectivity index (χ3n) is 5.98. The molecule has 0 amide bonds. The molecule has 0 spiro atoms. The van der Waals surface area contributed by atoms with Crippen molar-refractivity contribution in [1.82, 2.24) is 0 Å². The monoisotopic (exact) mass is 395 g/mol. The number of ether oxygens (including phenoxy) is 1. The number of hydrogen-bond donors (Lipinski definition) is 2. The van der Waals surface area contributed by atoms with Gasteiger partial charge in [0, 0.05) is 6.04 Å². The first-order chi connectivity index (χ1) is 12.9. The smallest absolute Gasteiger partial charge is 0.154 e. The summed E-state index contributed by atoms with van der Waals surface area (Å²) in [5.41, 5.74) is 7.06. The number of sulfone groups is 1. The van der Waals surface area contributed by atoms with Crippen LogP contribution >= 0.6 is 0 Å². The van der Waals surface area contributed by atoms with E-state index in [2.05, 4.69) is 0 Å². The molecular weight excluding hydrogens is 362 g/mol. The van der Waals surface area contributed by atoms with Crippen molar-refractivity contribution in [2.24, 2.45) is 17.6 Å². The highest BCUT2D eigenvalue weighted by molar-refractivity contribution is 7.90. The molecule has 5 nitrogen and oxygen atoms in total. The van der Waals surface area contributed by atoms with E-state index in [4.69, 9.17) is 10.5 Å². The first kappa shape index (κ1) is 20.8. The summed E-state index contributed by atoms with van der Waals surface area (Å²) in [6.45, 7) is 0.381. The van der Waals surface area contributed by atoms with Crippen LogP contribution in [0, 0.1) is 11.8 Å². The molecule has 2 aliphatic rings. The molecule has 2 fully saturated rings. The molecular formula is C21H33NO4S. The van der Waals surface area contributed by atoms with Crippen LogP contribution < -0.4 is 5.73 Å². The van der Waals surface area contributed by atoms with E-state index in [1.54, 1.807) is 0 Å². The Balaban J connectivity index is 1.47. The average Bonchev–Trinajstić information content (AvgIpc) is 3.10. The molecule has 152 valence electrons. The Labute approximate surface area is 163 Å². The summed E-state index contributed by atoms with van der Waals surface area (Å²) in [5, 5.41) is 10.6. The maximum Gasteiger partial charge on any atom is 0.154 e. The van der Waals surface area contributed by atoms with Crippen LogP contribution in [-0.2, 0) is 20.3 Å². The number of hydrogen-bond acceptors (Lipinski definition) is 5. The predicted molar refractivity (Wildman–Crippen MR) is 107 cm³/mol. The second kappa shape index (κ2) is 9.50. The van der Waals surface area contributed by atoms with E-state index in [1.165, 1.54) is 32.1 Å². The predicted octanol–water partition coefficient (Wildman–Crippen LogP) is 2.67. The van der Waals surface area contributed by atoms with E-state index >= 15 is 0 Å². The van der Waals surface area contributed by atoms with Crippen LogP contribution in [0.3, 0.4) is 0 Å². The molecule has 0 aromatic heterocycles. The highest BCUT2D eigenvalue weighted by Gasteiger charge is 2.36. The van der Waals surface area contributed by atoms with E-state index in [1.807, 2.05) is 30.3 Å². The summed E-state index contributed by atoms with van der Waals surface area (Å²) in [5.74, 6) is 0.689. The number of nitrogens with two attached hydrogens (primary N) is 1. The Kier molecular flexibility index (Phi) is 7.31. The standard InChI is InChI=1S/C21H33NO4S/c22-19(11-16-7-3-1-4-8-16)21(23)20-12-18(13-26-20)15-27(24,25)14-17-9-5-2-6-10-17/h2,5-6,9-10,16,18-21,23H,1,3-4,7-8,11-15,22H2/t18-,19-,20-,21+/m0/s1.